The number of nitrogens with zero attached hydrogens (tertiary/aromatic N) is 3. The summed E-state index contributed by atoms with van der Waals surface area (Å²) in [7, 11) is 1.81. The lowest BCUT2D eigenvalue weighted by atomic mass is 9.91. The maximum absolute atomic E-state index is 5.76. The van der Waals surface area contributed by atoms with Gasteiger partial charge in [-0.15, -0.1) is 23.7 Å². The van der Waals surface area contributed by atoms with Gasteiger partial charge in [0.2, 0.25) is 0 Å². The molecule has 5 rings (SSSR count). The van der Waals surface area contributed by atoms with E-state index in [1.54, 1.807) is 0 Å². The van der Waals surface area contributed by atoms with Crippen molar-refractivity contribution in [1.29, 1.82) is 0 Å². The van der Waals surface area contributed by atoms with E-state index < -0.39 is 0 Å². The molecule has 2 aromatic carbocycles. The van der Waals surface area contributed by atoms with Gasteiger partial charge in [-0.25, -0.2) is 4.98 Å². The average molecular weight is 470 g/mol. The van der Waals surface area contributed by atoms with Crippen LogP contribution < -0.4 is 4.90 Å². The molecule has 1 aliphatic carbocycles. The van der Waals surface area contributed by atoms with Gasteiger partial charge in [-0.05, 0) is 43.5 Å². The number of fused-ring (bicyclic) bond motifs is 3. The largest absolute Gasteiger partial charge is 0.376 e. The molecule has 0 N–H and O–H groups in total. The molecule has 32 heavy (non-hydrogen) atoms. The topological polar surface area (TPSA) is 28.6 Å². The van der Waals surface area contributed by atoms with Crippen LogP contribution in [-0.4, -0.2) is 49.7 Å². The van der Waals surface area contributed by atoms with Crippen molar-refractivity contribution < 1.29 is 4.74 Å². The summed E-state index contributed by atoms with van der Waals surface area (Å²) in [6.07, 6.45) is 4.65. The van der Waals surface area contributed by atoms with Crippen LogP contribution in [0.3, 0.4) is 0 Å². The first kappa shape index (κ1) is 23.2. The van der Waals surface area contributed by atoms with E-state index in [9.17, 15) is 0 Å². The van der Waals surface area contributed by atoms with Crippen molar-refractivity contribution in [2.24, 2.45) is 0 Å². The van der Waals surface area contributed by atoms with Crippen LogP contribution in [0.2, 0.25) is 0 Å². The zero-order chi connectivity index (χ0) is 21.0. The van der Waals surface area contributed by atoms with Crippen LogP contribution in [0.15, 0.2) is 54.6 Å². The Bertz CT molecular complexity index is 1000. The molecule has 170 valence electrons. The van der Waals surface area contributed by atoms with Crippen molar-refractivity contribution in [3.63, 3.8) is 0 Å². The number of halogens is 1. The van der Waals surface area contributed by atoms with Gasteiger partial charge in [-0.2, -0.15) is 0 Å². The Hall–Kier alpha value is -1.92. The second-order valence-electron chi connectivity index (χ2n) is 8.52. The first-order valence-electron chi connectivity index (χ1n) is 11.4. The summed E-state index contributed by atoms with van der Waals surface area (Å²) in [5.41, 5.74) is 5.09. The number of para-hydroxylation sites is 1. The first-order chi connectivity index (χ1) is 15.3. The van der Waals surface area contributed by atoms with Crippen molar-refractivity contribution in [3.05, 3.63) is 70.0 Å². The van der Waals surface area contributed by atoms with E-state index in [0.29, 0.717) is 0 Å². The van der Waals surface area contributed by atoms with Crippen molar-refractivity contribution in [2.75, 3.05) is 44.7 Å². The average Bonchev–Trinajstić information content (AvgIpc) is 3.25. The molecule has 0 bridgehead atoms. The second-order valence-corrected chi connectivity index (χ2v) is 9.68. The first-order valence-corrected chi connectivity index (χ1v) is 12.3. The molecule has 4 nitrogen and oxygen atoms in total. The Morgan fingerprint density at radius 1 is 0.969 bits per heavy atom. The fraction of sp³-hybridized carbons (Fsp3) is 0.423. The molecule has 1 saturated heterocycles. The van der Waals surface area contributed by atoms with Gasteiger partial charge in [-0.1, -0.05) is 42.5 Å². The molecule has 1 atom stereocenters. The number of unbranched alkanes of at least 4 members (excludes halogenated alkanes) is 1. The van der Waals surface area contributed by atoms with Crippen LogP contribution in [-0.2, 0) is 17.6 Å². The number of aryl methyl sites for hydroxylation is 1. The SMILES string of the molecule is COC1Cc2sc(CCCCN3CCN(c4ccccc4)CC3)nc2-c2ccccc21.Cl. The highest BCUT2D eigenvalue weighted by atomic mass is 35.5. The Morgan fingerprint density at radius 2 is 1.72 bits per heavy atom. The fourth-order valence-electron chi connectivity index (χ4n) is 4.82. The number of thiazole rings is 1. The molecule has 2 heterocycles. The van der Waals surface area contributed by atoms with E-state index in [0.717, 1.165) is 39.0 Å². The quantitative estimate of drug-likeness (QED) is 0.420. The summed E-state index contributed by atoms with van der Waals surface area (Å²) >= 11 is 1.89. The molecular formula is C26H32ClN3OS. The molecule has 0 spiro atoms. The molecule has 1 unspecified atom stereocenters. The number of aromatic nitrogens is 1. The highest BCUT2D eigenvalue weighted by molar-refractivity contribution is 7.12. The van der Waals surface area contributed by atoms with Crippen molar-refractivity contribution in [3.8, 4) is 11.3 Å². The van der Waals surface area contributed by atoms with Gasteiger partial charge in [0.15, 0.2) is 0 Å². The number of piperazine rings is 1. The highest BCUT2D eigenvalue weighted by Gasteiger charge is 2.27. The molecule has 0 radical (unpaired) electrons. The molecule has 0 saturated carbocycles. The van der Waals surface area contributed by atoms with Crippen LogP contribution in [0.4, 0.5) is 5.69 Å². The van der Waals surface area contributed by atoms with E-state index >= 15 is 0 Å². The predicted molar refractivity (Wildman–Crippen MR) is 136 cm³/mol. The van der Waals surface area contributed by atoms with Crippen LogP contribution in [0.5, 0.6) is 0 Å². The van der Waals surface area contributed by atoms with E-state index in [-0.39, 0.29) is 18.5 Å². The minimum Gasteiger partial charge on any atom is -0.376 e. The Labute approximate surface area is 201 Å². The third-order valence-corrected chi connectivity index (χ3v) is 7.71. The lowest BCUT2D eigenvalue weighted by Gasteiger charge is -2.36. The summed E-state index contributed by atoms with van der Waals surface area (Å²) in [4.78, 5) is 11.5. The predicted octanol–water partition coefficient (Wildman–Crippen LogP) is 5.62. The Morgan fingerprint density at radius 3 is 2.50 bits per heavy atom. The number of anilines is 1. The van der Waals surface area contributed by atoms with Crippen LogP contribution in [0.25, 0.3) is 11.3 Å². The van der Waals surface area contributed by atoms with Crippen molar-refractivity contribution >= 4 is 29.4 Å². The normalized spacial score (nSPS) is 18.0. The molecule has 2 aliphatic rings. The molecule has 1 aliphatic heterocycles. The van der Waals surface area contributed by atoms with Gasteiger partial charge in [0.1, 0.15) is 0 Å². The van der Waals surface area contributed by atoms with E-state index in [1.807, 2.05) is 18.4 Å². The van der Waals surface area contributed by atoms with Gasteiger partial charge in [0.25, 0.3) is 0 Å². The zero-order valence-corrected chi connectivity index (χ0v) is 20.3. The Kier molecular flexibility index (Phi) is 7.84. The monoisotopic (exact) mass is 469 g/mol. The third-order valence-electron chi connectivity index (χ3n) is 6.57. The van der Waals surface area contributed by atoms with E-state index in [4.69, 9.17) is 9.72 Å². The number of benzene rings is 2. The minimum absolute atomic E-state index is 0. The molecule has 1 fully saturated rings. The van der Waals surface area contributed by atoms with E-state index in [2.05, 4.69) is 64.4 Å². The minimum atomic E-state index is 0. The number of rotatable bonds is 7. The number of hydrogen-bond donors (Lipinski definition) is 0. The smallest absolute Gasteiger partial charge is 0.0935 e. The molecule has 1 aromatic heterocycles. The summed E-state index contributed by atoms with van der Waals surface area (Å²) in [5.74, 6) is 0. The summed E-state index contributed by atoms with van der Waals surface area (Å²) in [6, 6.07) is 19.4. The Balaban J connectivity index is 0.00000245. The lowest BCUT2D eigenvalue weighted by molar-refractivity contribution is 0.103. The fourth-order valence-corrected chi connectivity index (χ4v) is 5.97. The van der Waals surface area contributed by atoms with Gasteiger partial charge in [-0.3, -0.25) is 4.90 Å². The lowest BCUT2D eigenvalue weighted by Crippen LogP contribution is -2.46. The summed E-state index contributed by atoms with van der Waals surface area (Å²) in [6.45, 7) is 5.78. The van der Waals surface area contributed by atoms with Crippen LogP contribution >= 0.6 is 23.7 Å². The summed E-state index contributed by atoms with van der Waals surface area (Å²) in [5, 5.41) is 1.28. The van der Waals surface area contributed by atoms with Crippen LogP contribution in [0, 0.1) is 0 Å². The molecular weight excluding hydrogens is 438 g/mol. The standard InChI is InChI=1S/C26H31N3OS.ClH/c1-30-23-19-24-26(22-12-6-5-11-21(22)23)27-25(31-24)13-7-8-14-28-15-17-29(18-16-28)20-9-3-2-4-10-20;/h2-6,9-12,23H,7-8,13-19H2,1H3;1H. The van der Waals surface area contributed by atoms with Crippen molar-refractivity contribution in [2.45, 2.75) is 31.8 Å². The van der Waals surface area contributed by atoms with Gasteiger partial charge >= 0.3 is 0 Å². The highest BCUT2D eigenvalue weighted by Crippen LogP contribution is 2.42. The number of hydrogen-bond acceptors (Lipinski definition) is 5. The third kappa shape index (κ3) is 5.01. The number of ether oxygens (including phenoxy) is 1. The molecule has 6 heteroatoms. The van der Waals surface area contributed by atoms with E-state index in [1.165, 1.54) is 51.8 Å². The van der Waals surface area contributed by atoms with Gasteiger partial charge in [0, 0.05) is 55.8 Å². The molecule has 0 amide bonds. The maximum atomic E-state index is 5.76. The van der Waals surface area contributed by atoms with Crippen molar-refractivity contribution in [1.82, 2.24) is 9.88 Å². The molecule has 3 aromatic rings. The zero-order valence-electron chi connectivity index (χ0n) is 18.7. The van der Waals surface area contributed by atoms with Gasteiger partial charge in [0.05, 0.1) is 16.8 Å². The van der Waals surface area contributed by atoms with Gasteiger partial charge < -0.3 is 9.64 Å². The number of methoxy groups -OCH3 is 1. The summed E-state index contributed by atoms with van der Waals surface area (Å²) < 4.78 is 5.76. The second kappa shape index (κ2) is 10.8. The maximum Gasteiger partial charge on any atom is 0.0935 e. The van der Waals surface area contributed by atoms with Crippen LogP contribution in [0.1, 0.15) is 34.4 Å².